The number of amides is 1. The van der Waals surface area contributed by atoms with Crippen LogP contribution in [0.4, 0.5) is 17.3 Å². The SMILES string of the molecule is O=C1CCCN1c1ncccc1Nc1nc(Cl)ncc1Br. The summed E-state index contributed by atoms with van der Waals surface area (Å²) in [7, 11) is 0. The fourth-order valence-electron chi connectivity index (χ4n) is 2.14. The summed E-state index contributed by atoms with van der Waals surface area (Å²) in [6.45, 7) is 0.677. The highest BCUT2D eigenvalue weighted by Crippen LogP contribution is 2.31. The van der Waals surface area contributed by atoms with Gasteiger partial charge in [-0.05, 0) is 46.1 Å². The summed E-state index contributed by atoms with van der Waals surface area (Å²) < 4.78 is 0.675. The number of nitrogens with one attached hydrogen (secondary N) is 1. The fourth-order valence-corrected chi connectivity index (χ4v) is 2.57. The molecule has 2 aromatic rings. The maximum absolute atomic E-state index is 11.9. The van der Waals surface area contributed by atoms with Crippen molar-refractivity contribution in [1.29, 1.82) is 0 Å². The van der Waals surface area contributed by atoms with Crippen molar-refractivity contribution >= 4 is 50.8 Å². The Kier molecular flexibility index (Phi) is 4.03. The van der Waals surface area contributed by atoms with Crippen molar-refractivity contribution in [2.75, 3.05) is 16.8 Å². The Balaban J connectivity index is 1.96. The molecule has 3 rings (SSSR count). The largest absolute Gasteiger partial charge is 0.336 e. The third-order valence-corrected chi connectivity index (χ3v) is 3.85. The van der Waals surface area contributed by atoms with E-state index >= 15 is 0 Å². The highest BCUT2D eigenvalue weighted by atomic mass is 79.9. The van der Waals surface area contributed by atoms with Crippen LogP contribution in [0.2, 0.25) is 5.28 Å². The first-order valence-corrected chi connectivity index (χ1v) is 7.52. The summed E-state index contributed by atoms with van der Waals surface area (Å²) in [6.07, 6.45) is 4.62. The minimum Gasteiger partial charge on any atom is -0.336 e. The van der Waals surface area contributed by atoms with Gasteiger partial charge in [-0.15, -0.1) is 0 Å². The van der Waals surface area contributed by atoms with Gasteiger partial charge in [0.25, 0.3) is 0 Å². The average molecular weight is 369 g/mol. The molecule has 0 saturated carbocycles. The Bertz CT molecular complexity index is 696. The van der Waals surface area contributed by atoms with Gasteiger partial charge in [0.05, 0.1) is 10.2 Å². The minimum atomic E-state index is 0.0801. The molecule has 1 fully saturated rings. The molecule has 0 radical (unpaired) electrons. The Hall–Kier alpha value is -1.73. The molecule has 0 aromatic carbocycles. The van der Waals surface area contributed by atoms with Gasteiger partial charge >= 0.3 is 0 Å². The van der Waals surface area contributed by atoms with E-state index in [0.29, 0.717) is 34.8 Å². The molecule has 1 N–H and O–H groups in total. The molecule has 1 aliphatic heterocycles. The zero-order valence-electron chi connectivity index (χ0n) is 10.9. The predicted molar refractivity (Wildman–Crippen MR) is 83.8 cm³/mol. The van der Waals surface area contributed by atoms with Crippen LogP contribution in [0.5, 0.6) is 0 Å². The molecule has 0 bridgehead atoms. The molecule has 1 amide bonds. The number of rotatable bonds is 3. The lowest BCUT2D eigenvalue weighted by atomic mass is 10.3. The Morgan fingerprint density at radius 2 is 2.24 bits per heavy atom. The fraction of sp³-hybridized carbons (Fsp3) is 0.231. The molecular weight excluding hydrogens is 358 g/mol. The van der Waals surface area contributed by atoms with E-state index in [9.17, 15) is 4.79 Å². The van der Waals surface area contributed by atoms with E-state index in [4.69, 9.17) is 11.6 Å². The summed E-state index contributed by atoms with van der Waals surface area (Å²) >= 11 is 9.17. The van der Waals surface area contributed by atoms with Crippen LogP contribution in [0.25, 0.3) is 0 Å². The number of carbonyl (C=O) groups is 1. The maximum Gasteiger partial charge on any atom is 0.228 e. The van der Waals surface area contributed by atoms with Crippen molar-refractivity contribution in [3.63, 3.8) is 0 Å². The average Bonchev–Trinajstić information content (AvgIpc) is 2.90. The first-order chi connectivity index (χ1) is 10.1. The van der Waals surface area contributed by atoms with Crippen molar-refractivity contribution in [3.8, 4) is 0 Å². The molecule has 0 aliphatic carbocycles. The zero-order chi connectivity index (χ0) is 14.8. The van der Waals surface area contributed by atoms with Crippen LogP contribution in [-0.2, 0) is 4.79 Å². The minimum absolute atomic E-state index is 0.0801. The molecule has 1 aliphatic rings. The predicted octanol–water partition coefficient (Wildman–Crippen LogP) is 3.16. The van der Waals surface area contributed by atoms with Gasteiger partial charge in [-0.3, -0.25) is 9.69 Å². The first kappa shape index (κ1) is 14.2. The second-order valence-corrected chi connectivity index (χ2v) is 5.68. The standard InChI is InChI=1S/C13H11BrClN5O/c14-8-7-17-13(15)19-11(8)18-9-3-1-5-16-12(9)20-6-2-4-10(20)21/h1,3,5,7H,2,4,6H2,(H,17,18,19). The molecule has 0 spiro atoms. The first-order valence-electron chi connectivity index (χ1n) is 6.35. The van der Waals surface area contributed by atoms with Gasteiger partial charge in [0.15, 0.2) is 5.82 Å². The quantitative estimate of drug-likeness (QED) is 0.843. The van der Waals surface area contributed by atoms with Gasteiger partial charge in [-0.1, -0.05) is 0 Å². The Morgan fingerprint density at radius 3 is 3.00 bits per heavy atom. The van der Waals surface area contributed by atoms with Gasteiger partial charge < -0.3 is 5.32 Å². The topological polar surface area (TPSA) is 71.0 Å². The van der Waals surface area contributed by atoms with Crippen molar-refractivity contribution < 1.29 is 4.79 Å². The van der Waals surface area contributed by atoms with Gasteiger partial charge in [-0.25, -0.2) is 9.97 Å². The number of hydrogen-bond acceptors (Lipinski definition) is 5. The van der Waals surface area contributed by atoms with Crippen LogP contribution >= 0.6 is 27.5 Å². The molecule has 0 atom stereocenters. The van der Waals surface area contributed by atoms with E-state index in [2.05, 4.69) is 36.2 Å². The van der Waals surface area contributed by atoms with E-state index in [1.54, 1.807) is 23.4 Å². The number of halogens is 2. The molecule has 3 heterocycles. The number of nitrogens with zero attached hydrogens (tertiary/aromatic N) is 4. The highest BCUT2D eigenvalue weighted by Gasteiger charge is 2.25. The van der Waals surface area contributed by atoms with Crippen molar-refractivity contribution in [3.05, 3.63) is 34.3 Å². The number of anilines is 3. The third kappa shape index (κ3) is 2.98. The number of pyridine rings is 1. The van der Waals surface area contributed by atoms with Crippen LogP contribution in [0, 0.1) is 0 Å². The molecule has 1 saturated heterocycles. The molecule has 21 heavy (non-hydrogen) atoms. The van der Waals surface area contributed by atoms with E-state index in [0.717, 1.165) is 6.42 Å². The van der Waals surface area contributed by atoms with Gasteiger partial charge in [0.1, 0.15) is 5.82 Å². The zero-order valence-corrected chi connectivity index (χ0v) is 13.2. The van der Waals surface area contributed by atoms with Crippen molar-refractivity contribution in [2.45, 2.75) is 12.8 Å². The van der Waals surface area contributed by atoms with E-state index in [-0.39, 0.29) is 11.2 Å². The molecule has 8 heteroatoms. The van der Waals surface area contributed by atoms with Gasteiger partial charge in [-0.2, -0.15) is 4.98 Å². The molecular formula is C13H11BrClN5O. The molecule has 108 valence electrons. The smallest absolute Gasteiger partial charge is 0.228 e. The summed E-state index contributed by atoms with van der Waals surface area (Å²) in [6, 6.07) is 3.64. The van der Waals surface area contributed by atoms with Crippen LogP contribution in [0.15, 0.2) is 29.0 Å². The van der Waals surface area contributed by atoms with Crippen LogP contribution in [0.3, 0.4) is 0 Å². The van der Waals surface area contributed by atoms with Crippen molar-refractivity contribution in [1.82, 2.24) is 15.0 Å². The lowest BCUT2D eigenvalue weighted by molar-refractivity contribution is -0.117. The second-order valence-electron chi connectivity index (χ2n) is 4.48. The Morgan fingerprint density at radius 1 is 1.38 bits per heavy atom. The lowest BCUT2D eigenvalue weighted by Crippen LogP contribution is -2.25. The highest BCUT2D eigenvalue weighted by molar-refractivity contribution is 9.10. The van der Waals surface area contributed by atoms with E-state index < -0.39 is 0 Å². The van der Waals surface area contributed by atoms with Gasteiger partial charge in [0.2, 0.25) is 11.2 Å². The normalized spacial score (nSPS) is 14.6. The monoisotopic (exact) mass is 367 g/mol. The number of hydrogen-bond donors (Lipinski definition) is 1. The summed E-state index contributed by atoms with van der Waals surface area (Å²) in [5, 5.41) is 3.28. The van der Waals surface area contributed by atoms with Crippen molar-refractivity contribution in [2.24, 2.45) is 0 Å². The number of aromatic nitrogens is 3. The molecule has 6 nitrogen and oxygen atoms in total. The summed E-state index contributed by atoms with van der Waals surface area (Å²) in [5.74, 6) is 1.20. The van der Waals surface area contributed by atoms with Crippen LogP contribution in [0.1, 0.15) is 12.8 Å². The number of carbonyl (C=O) groups excluding carboxylic acids is 1. The lowest BCUT2D eigenvalue weighted by Gasteiger charge is -2.19. The van der Waals surface area contributed by atoms with E-state index in [1.165, 1.54) is 0 Å². The summed E-state index contributed by atoms with van der Waals surface area (Å²) in [4.78, 5) is 25.9. The third-order valence-electron chi connectivity index (χ3n) is 3.08. The van der Waals surface area contributed by atoms with Crippen LogP contribution < -0.4 is 10.2 Å². The van der Waals surface area contributed by atoms with Gasteiger partial charge in [0, 0.05) is 25.4 Å². The summed E-state index contributed by atoms with van der Waals surface area (Å²) in [5.41, 5.74) is 0.697. The second kappa shape index (κ2) is 5.95. The van der Waals surface area contributed by atoms with Crippen LogP contribution in [-0.4, -0.2) is 27.4 Å². The van der Waals surface area contributed by atoms with E-state index in [1.807, 2.05) is 6.07 Å². The molecule has 0 unspecified atom stereocenters. The Labute approximate surface area is 134 Å². The molecule has 2 aromatic heterocycles. The maximum atomic E-state index is 11.9.